The van der Waals surface area contributed by atoms with Crippen LogP contribution in [0.2, 0.25) is 0 Å². The van der Waals surface area contributed by atoms with E-state index in [2.05, 4.69) is 15.3 Å². The van der Waals surface area contributed by atoms with Gasteiger partial charge in [-0.2, -0.15) is 0 Å². The predicted octanol–water partition coefficient (Wildman–Crippen LogP) is 1.72. The molecule has 0 saturated heterocycles. The highest BCUT2D eigenvalue weighted by molar-refractivity contribution is 5.40. The zero-order chi connectivity index (χ0) is 12.8. The van der Waals surface area contributed by atoms with Gasteiger partial charge in [-0.3, -0.25) is 0 Å². The lowest BCUT2D eigenvalue weighted by molar-refractivity contribution is 0.389. The molecule has 0 saturated carbocycles. The molecule has 2 N–H and O–H groups in total. The van der Waals surface area contributed by atoms with Crippen LogP contribution in [0, 0.1) is 0 Å². The minimum absolute atomic E-state index is 0.728. The van der Waals surface area contributed by atoms with Crippen LogP contribution in [0.3, 0.4) is 0 Å². The largest absolute Gasteiger partial charge is 0.497 e. The molecule has 0 aliphatic rings. The third kappa shape index (κ3) is 3.01. The number of aromatic nitrogens is 2. The average Bonchev–Trinajstić information content (AvgIpc) is 2.92. The highest BCUT2D eigenvalue weighted by Crippen LogP contribution is 2.24. The first-order valence-corrected chi connectivity index (χ1v) is 5.72. The van der Waals surface area contributed by atoms with Crippen LogP contribution in [0.4, 0.5) is 0 Å². The molecule has 5 nitrogen and oxygen atoms in total. The second-order valence-corrected chi connectivity index (χ2v) is 3.86. The van der Waals surface area contributed by atoms with Gasteiger partial charge in [0.15, 0.2) is 0 Å². The molecule has 0 amide bonds. The lowest BCUT2D eigenvalue weighted by atomic mass is 10.2. The normalized spacial score (nSPS) is 10.3. The van der Waals surface area contributed by atoms with Crippen LogP contribution >= 0.6 is 0 Å². The summed E-state index contributed by atoms with van der Waals surface area (Å²) in [5.74, 6) is 1.62. The maximum absolute atomic E-state index is 5.34. The molecule has 1 aromatic carbocycles. The van der Waals surface area contributed by atoms with Crippen molar-refractivity contribution in [2.24, 2.45) is 0 Å². The van der Waals surface area contributed by atoms with E-state index < -0.39 is 0 Å². The molecule has 1 heterocycles. The average molecular weight is 247 g/mol. The van der Waals surface area contributed by atoms with Gasteiger partial charge in [0, 0.05) is 36.6 Å². The topological polar surface area (TPSA) is 59.2 Å². The van der Waals surface area contributed by atoms with Crippen molar-refractivity contribution in [2.45, 2.75) is 13.1 Å². The quantitative estimate of drug-likeness (QED) is 0.816. The van der Waals surface area contributed by atoms with Gasteiger partial charge in [-0.1, -0.05) is 6.07 Å². The summed E-state index contributed by atoms with van der Waals surface area (Å²) in [7, 11) is 3.30. The highest BCUT2D eigenvalue weighted by Gasteiger charge is 2.04. The molecule has 2 aromatic rings. The molecule has 0 radical (unpaired) electrons. The first-order valence-electron chi connectivity index (χ1n) is 5.72. The van der Waals surface area contributed by atoms with Gasteiger partial charge in [0.05, 0.1) is 20.5 Å². The minimum Gasteiger partial charge on any atom is -0.497 e. The van der Waals surface area contributed by atoms with Gasteiger partial charge in [0.2, 0.25) is 0 Å². The summed E-state index contributed by atoms with van der Waals surface area (Å²) < 4.78 is 10.5. The van der Waals surface area contributed by atoms with E-state index in [0.29, 0.717) is 0 Å². The summed E-state index contributed by atoms with van der Waals surface area (Å²) in [5.41, 5.74) is 2.15. The van der Waals surface area contributed by atoms with Gasteiger partial charge in [-0.05, 0) is 6.07 Å². The van der Waals surface area contributed by atoms with Gasteiger partial charge in [0.1, 0.15) is 11.5 Å². The Morgan fingerprint density at radius 1 is 1.22 bits per heavy atom. The maximum Gasteiger partial charge on any atom is 0.127 e. The van der Waals surface area contributed by atoms with E-state index in [-0.39, 0.29) is 0 Å². The zero-order valence-electron chi connectivity index (χ0n) is 10.6. The fraction of sp³-hybridized carbons (Fsp3) is 0.308. The number of hydrogen-bond donors (Lipinski definition) is 2. The molecular weight excluding hydrogens is 230 g/mol. The number of H-pyrrole nitrogens is 1. The molecule has 0 aliphatic carbocycles. The second-order valence-electron chi connectivity index (χ2n) is 3.86. The first kappa shape index (κ1) is 12.4. The molecule has 0 spiro atoms. The molecule has 96 valence electrons. The summed E-state index contributed by atoms with van der Waals surface area (Å²) in [6.07, 6.45) is 3.48. The smallest absolute Gasteiger partial charge is 0.127 e. The third-order valence-electron chi connectivity index (χ3n) is 2.68. The number of imidazole rings is 1. The number of rotatable bonds is 6. The van der Waals surface area contributed by atoms with Crippen LogP contribution in [-0.4, -0.2) is 24.2 Å². The van der Waals surface area contributed by atoms with E-state index in [1.165, 1.54) is 0 Å². The van der Waals surface area contributed by atoms with E-state index >= 15 is 0 Å². The Bertz CT molecular complexity index is 483. The van der Waals surface area contributed by atoms with Crippen LogP contribution in [0.5, 0.6) is 11.5 Å². The Morgan fingerprint density at radius 3 is 2.78 bits per heavy atom. The summed E-state index contributed by atoms with van der Waals surface area (Å²) in [4.78, 5) is 7.01. The van der Waals surface area contributed by atoms with E-state index in [9.17, 15) is 0 Å². The van der Waals surface area contributed by atoms with Crippen LogP contribution in [0.15, 0.2) is 30.7 Å². The van der Waals surface area contributed by atoms with Crippen LogP contribution in [0.25, 0.3) is 0 Å². The molecule has 18 heavy (non-hydrogen) atoms. The van der Waals surface area contributed by atoms with Crippen molar-refractivity contribution in [3.63, 3.8) is 0 Å². The number of methoxy groups -OCH3 is 2. The summed E-state index contributed by atoms with van der Waals surface area (Å²) in [6, 6.07) is 5.81. The Labute approximate surface area is 106 Å². The van der Waals surface area contributed by atoms with Crippen molar-refractivity contribution >= 4 is 0 Å². The van der Waals surface area contributed by atoms with E-state index in [4.69, 9.17) is 9.47 Å². The Balaban J connectivity index is 1.96. The van der Waals surface area contributed by atoms with E-state index in [0.717, 1.165) is 35.8 Å². The van der Waals surface area contributed by atoms with E-state index in [1.807, 2.05) is 18.2 Å². The third-order valence-corrected chi connectivity index (χ3v) is 2.68. The maximum atomic E-state index is 5.34. The van der Waals surface area contributed by atoms with Gasteiger partial charge >= 0.3 is 0 Å². The summed E-state index contributed by atoms with van der Waals surface area (Å²) in [6.45, 7) is 1.47. The summed E-state index contributed by atoms with van der Waals surface area (Å²) >= 11 is 0. The molecule has 0 aliphatic heterocycles. The fourth-order valence-electron chi connectivity index (χ4n) is 1.71. The van der Waals surface area contributed by atoms with Crippen molar-refractivity contribution in [1.29, 1.82) is 0 Å². The van der Waals surface area contributed by atoms with Gasteiger partial charge in [-0.25, -0.2) is 4.98 Å². The van der Waals surface area contributed by atoms with Crippen molar-refractivity contribution in [3.8, 4) is 11.5 Å². The lowest BCUT2D eigenvalue weighted by Crippen LogP contribution is -2.13. The molecule has 2 rings (SSSR count). The number of hydrogen-bond acceptors (Lipinski definition) is 4. The van der Waals surface area contributed by atoms with Crippen LogP contribution in [-0.2, 0) is 13.1 Å². The molecule has 0 atom stereocenters. The lowest BCUT2D eigenvalue weighted by Gasteiger charge is -2.10. The fourth-order valence-corrected chi connectivity index (χ4v) is 1.71. The van der Waals surface area contributed by atoms with Crippen molar-refractivity contribution in [1.82, 2.24) is 15.3 Å². The number of nitrogens with one attached hydrogen (secondary N) is 2. The number of nitrogens with zero attached hydrogens (tertiary/aromatic N) is 1. The molecule has 0 unspecified atom stereocenters. The predicted molar refractivity (Wildman–Crippen MR) is 68.7 cm³/mol. The monoisotopic (exact) mass is 247 g/mol. The van der Waals surface area contributed by atoms with Gasteiger partial charge < -0.3 is 19.8 Å². The van der Waals surface area contributed by atoms with Crippen molar-refractivity contribution in [2.75, 3.05) is 14.2 Å². The molecule has 1 aromatic heterocycles. The van der Waals surface area contributed by atoms with Gasteiger partial charge in [0.25, 0.3) is 0 Å². The second kappa shape index (κ2) is 6.07. The van der Waals surface area contributed by atoms with Crippen LogP contribution in [0.1, 0.15) is 11.3 Å². The number of ether oxygens (including phenoxy) is 2. The van der Waals surface area contributed by atoms with Crippen molar-refractivity contribution in [3.05, 3.63) is 42.0 Å². The molecule has 0 fully saturated rings. The SMILES string of the molecule is COc1ccc(CNCc2cnc[nH]2)c(OC)c1. The summed E-state index contributed by atoms with van der Waals surface area (Å²) in [5, 5.41) is 3.32. The zero-order valence-corrected chi connectivity index (χ0v) is 10.6. The molecule has 0 bridgehead atoms. The number of benzene rings is 1. The van der Waals surface area contributed by atoms with Gasteiger partial charge in [-0.15, -0.1) is 0 Å². The highest BCUT2D eigenvalue weighted by atomic mass is 16.5. The molecular formula is C13H17N3O2. The first-order chi connectivity index (χ1) is 8.83. The van der Waals surface area contributed by atoms with E-state index in [1.54, 1.807) is 26.7 Å². The standard InChI is InChI=1S/C13H17N3O2/c1-17-12-4-3-10(13(5-12)18-2)6-14-7-11-8-15-9-16-11/h3-5,8-9,14H,6-7H2,1-2H3,(H,15,16). The Morgan fingerprint density at radius 2 is 2.11 bits per heavy atom. The van der Waals surface area contributed by atoms with Crippen LogP contribution < -0.4 is 14.8 Å². The molecule has 5 heteroatoms. The Kier molecular flexibility index (Phi) is 4.20. The Hall–Kier alpha value is -2.01. The minimum atomic E-state index is 0.728. The van der Waals surface area contributed by atoms with Crippen molar-refractivity contribution < 1.29 is 9.47 Å². The number of aromatic amines is 1.